The molecular weight excluding hydrogens is 400 g/mol. The number of oxime groups is 1. The van der Waals surface area contributed by atoms with E-state index in [1.165, 1.54) is 30.3 Å². The van der Waals surface area contributed by atoms with Crippen molar-refractivity contribution >= 4 is 21.4 Å². The summed E-state index contributed by atoms with van der Waals surface area (Å²) >= 11 is 0. The summed E-state index contributed by atoms with van der Waals surface area (Å²) in [6, 6.07) is 9.19. The molecule has 152 valence electrons. The summed E-state index contributed by atoms with van der Waals surface area (Å²) in [6.45, 7) is 5.14. The molecule has 2 aromatic rings. The normalized spacial score (nSPS) is 12.9. The Balaban J connectivity index is 2.47. The van der Waals surface area contributed by atoms with Crippen LogP contribution in [0, 0.1) is 18.7 Å². The molecule has 0 atom stereocenters. The van der Waals surface area contributed by atoms with E-state index in [1.807, 2.05) is 0 Å². The molecule has 2 rings (SSSR count). The van der Waals surface area contributed by atoms with E-state index < -0.39 is 21.3 Å². The van der Waals surface area contributed by atoms with Crippen molar-refractivity contribution in [2.45, 2.75) is 26.3 Å². The van der Waals surface area contributed by atoms with Crippen molar-refractivity contribution in [2.75, 3.05) is 4.72 Å². The molecule has 0 fully saturated rings. The first-order valence-electron chi connectivity index (χ1n) is 8.11. The number of anilines is 1. The molecule has 0 aliphatic carbocycles. The summed E-state index contributed by atoms with van der Waals surface area (Å²) in [5.41, 5.74) is -4.70. The van der Waals surface area contributed by atoms with Gasteiger partial charge < -0.3 is 4.84 Å². The molecule has 0 saturated carbocycles. The Morgan fingerprint density at radius 1 is 1.11 bits per heavy atom. The Hall–Kier alpha value is -2.62. The van der Waals surface area contributed by atoms with Gasteiger partial charge in [0, 0.05) is 5.56 Å². The third-order valence-corrected chi connectivity index (χ3v) is 4.71. The lowest BCUT2D eigenvalue weighted by atomic mass is 9.97. The zero-order valence-corrected chi connectivity index (χ0v) is 16.0. The van der Waals surface area contributed by atoms with Crippen LogP contribution < -0.4 is 9.56 Å². The maximum Gasteiger partial charge on any atom is 0.516 e. The molecule has 0 bridgehead atoms. The quantitative estimate of drug-likeness (QED) is 0.415. The van der Waals surface area contributed by atoms with E-state index in [2.05, 4.69) is 5.16 Å². The third kappa shape index (κ3) is 5.22. The van der Waals surface area contributed by atoms with E-state index in [1.54, 1.807) is 25.5 Å². The predicted molar refractivity (Wildman–Crippen MR) is 98.2 cm³/mol. The van der Waals surface area contributed by atoms with Crippen molar-refractivity contribution in [2.24, 2.45) is 11.1 Å². The van der Waals surface area contributed by atoms with Gasteiger partial charge in [0.1, 0.15) is 5.82 Å². The lowest BCUT2D eigenvalue weighted by molar-refractivity contribution is -0.0429. The maximum atomic E-state index is 13.0. The van der Waals surface area contributed by atoms with Crippen molar-refractivity contribution in [3.63, 3.8) is 0 Å². The van der Waals surface area contributed by atoms with Crippen LogP contribution in [0.25, 0.3) is 0 Å². The van der Waals surface area contributed by atoms with Gasteiger partial charge in [0.2, 0.25) is 0 Å². The fourth-order valence-electron chi connectivity index (χ4n) is 2.22. The van der Waals surface area contributed by atoms with Gasteiger partial charge >= 0.3 is 15.5 Å². The van der Waals surface area contributed by atoms with E-state index in [9.17, 15) is 26.0 Å². The first-order chi connectivity index (χ1) is 12.9. The smallest absolute Gasteiger partial charge is 0.357 e. The highest BCUT2D eigenvalue weighted by Gasteiger charge is 2.46. The molecular formula is C18H18F4N2O3S. The van der Waals surface area contributed by atoms with Gasteiger partial charge in [-0.15, -0.1) is 0 Å². The van der Waals surface area contributed by atoms with Crippen molar-refractivity contribution < 1.29 is 30.8 Å². The van der Waals surface area contributed by atoms with Crippen LogP contribution in [-0.4, -0.2) is 19.6 Å². The third-order valence-electron chi connectivity index (χ3n) is 3.61. The summed E-state index contributed by atoms with van der Waals surface area (Å²) in [5, 5.41) is 3.97. The van der Waals surface area contributed by atoms with Gasteiger partial charge in [-0.1, -0.05) is 30.6 Å². The first-order valence-corrected chi connectivity index (χ1v) is 9.59. The Morgan fingerprint density at radius 3 is 2.25 bits per heavy atom. The Labute approximate surface area is 160 Å². The van der Waals surface area contributed by atoms with E-state index in [4.69, 9.17) is 4.84 Å². The fraction of sp³-hybridized carbons (Fsp3) is 0.278. The molecule has 0 radical (unpaired) electrons. The number of alkyl halides is 3. The van der Waals surface area contributed by atoms with Gasteiger partial charge in [-0.05, 0) is 49.2 Å². The van der Waals surface area contributed by atoms with Gasteiger partial charge in [0.15, 0.2) is 5.75 Å². The molecule has 0 heterocycles. The molecule has 2 aromatic carbocycles. The molecule has 0 aliphatic heterocycles. The maximum absolute atomic E-state index is 13.0. The number of benzene rings is 2. The Bertz CT molecular complexity index is 969. The zero-order valence-electron chi connectivity index (χ0n) is 15.2. The fourth-order valence-corrected chi connectivity index (χ4v) is 2.81. The number of rotatable bonds is 6. The zero-order chi connectivity index (χ0) is 21.1. The van der Waals surface area contributed by atoms with E-state index in [-0.39, 0.29) is 28.6 Å². The number of aryl methyl sites for hydroxylation is 1. The molecule has 0 saturated heterocycles. The van der Waals surface area contributed by atoms with Crippen LogP contribution in [0.4, 0.5) is 23.2 Å². The van der Waals surface area contributed by atoms with Crippen molar-refractivity contribution in [3.05, 3.63) is 59.4 Å². The molecule has 0 spiro atoms. The largest absolute Gasteiger partial charge is 0.516 e. The van der Waals surface area contributed by atoms with Crippen LogP contribution in [0.15, 0.2) is 47.6 Å². The molecule has 10 heteroatoms. The summed E-state index contributed by atoms with van der Waals surface area (Å²) in [5.74, 6) is -0.580. The molecule has 1 N–H and O–H groups in total. The lowest BCUT2D eigenvalue weighted by Crippen LogP contribution is -2.30. The van der Waals surface area contributed by atoms with E-state index >= 15 is 0 Å². The minimum Gasteiger partial charge on any atom is -0.357 e. The molecule has 28 heavy (non-hydrogen) atoms. The molecule has 0 unspecified atom stereocenters. The number of halogens is 4. The van der Waals surface area contributed by atoms with E-state index in [0.29, 0.717) is 5.56 Å². The minimum absolute atomic E-state index is 0.143. The Kier molecular flexibility index (Phi) is 6.33. The standard InChI is InChI=1S/C18H18F4N2O3S/c1-11(2)17(23-27-14-7-5-13(19)6-8-14)15-10-12(3)4-9-16(15)24-28(25,26)18(20,21)22/h4-11,24H,1-3H3/b23-17+. The van der Waals surface area contributed by atoms with Crippen LogP contribution in [0.1, 0.15) is 25.0 Å². The molecule has 0 amide bonds. The average Bonchev–Trinajstić information content (AvgIpc) is 2.57. The Morgan fingerprint density at radius 2 is 1.71 bits per heavy atom. The van der Waals surface area contributed by atoms with Crippen LogP contribution in [-0.2, 0) is 10.0 Å². The number of hydrogen-bond acceptors (Lipinski definition) is 4. The van der Waals surface area contributed by atoms with Crippen molar-refractivity contribution in [3.8, 4) is 5.75 Å². The van der Waals surface area contributed by atoms with Gasteiger partial charge in [0.25, 0.3) is 0 Å². The van der Waals surface area contributed by atoms with Crippen LogP contribution in [0.5, 0.6) is 5.75 Å². The predicted octanol–water partition coefficient (Wildman–Crippen LogP) is 4.83. The van der Waals surface area contributed by atoms with Crippen LogP contribution in [0.2, 0.25) is 0 Å². The van der Waals surface area contributed by atoms with Gasteiger partial charge in [-0.25, -0.2) is 4.39 Å². The highest BCUT2D eigenvalue weighted by molar-refractivity contribution is 7.93. The number of sulfonamides is 1. The first kappa shape index (κ1) is 21.7. The second-order valence-corrected chi connectivity index (χ2v) is 7.95. The summed E-state index contributed by atoms with van der Waals surface area (Å²) in [6.07, 6.45) is 0. The van der Waals surface area contributed by atoms with Gasteiger partial charge in [-0.3, -0.25) is 4.72 Å². The van der Waals surface area contributed by atoms with Crippen LogP contribution >= 0.6 is 0 Å². The molecule has 5 nitrogen and oxygen atoms in total. The monoisotopic (exact) mass is 418 g/mol. The van der Waals surface area contributed by atoms with Crippen molar-refractivity contribution in [1.29, 1.82) is 0 Å². The second kappa shape index (κ2) is 8.17. The summed E-state index contributed by atoms with van der Waals surface area (Å²) in [4.78, 5) is 5.25. The van der Waals surface area contributed by atoms with Gasteiger partial charge in [-0.2, -0.15) is 21.6 Å². The highest BCUT2D eigenvalue weighted by atomic mass is 32.2. The van der Waals surface area contributed by atoms with Gasteiger partial charge in [0.05, 0.1) is 11.4 Å². The minimum atomic E-state index is -5.60. The summed E-state index contributed by atoms with van der Waals surface area (Å²) in [7, 11) is -5.60. The second-order valence-electron chi connectivity index (χ2n) is 6.28. The highest BCUT2D eigenvalue weighted by Crippen LogP contribution is 2.29. The number of hydrogen-bond donors (Lipinski definition) is 1. The molecule has 0 aliphatic rings. The SMILES string of the molecule is Cc1ccc(NS(=O)(=O)C(F)(F)F)c(/C(=N/Oc2ccc(F)cc2)C(C)C)c1. The van der Waals surface area contributed by atoms with Crippen molar-refractivity contribution in [1.82, 2.24) is 0 Å². The topological polar surface area (TPSA) is 67.8 Å². The number of nitrogens with zero attached hydrogens (tertiary/aromatic N) is 1. The lowest BCUT2D eigenvalue weighted by Gasteiger charge is -2.17. The van der Waals surface area contributed by atoms with Crippen LogP contribution in [0.3, 0.4) is 0 Å². The van der Waals surface area contributed by atoms with E-state index in [0.717, 1.165) is 12.1 Å². The number of nitrogens with one attached hydrogen (secondary N) is 1. The molecule has 0 aromatic heterocycles. The average molecular weight is 418 g/mol. The summed E-state index contributed by atoms with van der Waals surface area (Å²) < 4.78 is 75.8.